The number of nitrogens with zero attached hydrogens (tertiary/aromatic N) is 2. The number of benzene rings is 2. The van der Waals surface area contributed by atoms with Crippen LogP contribution in [-0.4, -0.2) is 62.8 Å². The van der Waals surface area contributed by atoms with Gasteiger partial charge >= 0.3 is 0 Å². The first-order chi connectivity index (χ1) is 15.6. The number of amides is 1. The SMILES string of the molecule is CCOCCOCc1cccc(CNC(=O)c2ccc(N3CCN(C(C)C)CC3)cc2)c1. The molecule has 0 unspecified atom stereocenters. The van der Waals surface area contributed by atoms with Crippen LogP contribution in [0.1, 0.15) is 42.3 Å². The van der Waals surface area contributed by atoms with Gasteiger partial charge in [-0.25, -0.2) is 0 Å². The van der Waals surface area contributed by atoms with Crippen LogP contribution in [0.2, 0.25) is 0 Å². The summed E-state index contributed by atoms with van der Waals surface area (Å²) in [6, 6.07) is 16.7. The largest absolute Gasteiger partial charge is 0.379 e. The summed E-state index contributed by atoms with van der Waals surface area (Å²) in [6.45, 7) is 13.6. The molecule has 6 heteroatoms. The van der Waals surface area contributed by atoms with Crippen molar-refractivity contribution in [2.75, 3.05) is 50.9 Å². The molecule has 32 heavy (non-hydrogen) atoms. The molecule has 1 N–H and O–H groups in total. The van der Waals surface area contributed by atoms with Crippen LogP contribution in [0.15, 0.2) is 48.5 Å². The van der Waals surface area contributed by atoms with Crippen LogP contribution in [0.4, 0.5) is 5.69 Å². The fourth-order valence-electron chi connectivity index (χ4n) is 3.89. The van der Waals surface area contributed by atoms with Gasteiger partial charge in [0.2, 0.25) is 0 Å². The molecule has 0 radical (unpaired) electrons. The van der Waals surface area contributed by atoms with E-state index in [0.29, 0.717) is 44.6 Å². The number of carbonyl (C=O) groups is 1. The fraction of sp³-hybridized carbons (Fsp3) is 0.500. The minimum atomic E-state index is -0.0560. The van der Waals surface area contributed by atoms with E-state index in [2.05, 4.69) is 47.2 Å². The van der Waals surface area contributed by atoms with E-state index in [1.807, 2.05) is 37.3 Å². The molecular formula is C26H37N3O3. The second-order valence-electron chi connectivity index (χ2n) is 8.42. The van der Waals surface area contributed by atoms with Crippen LogP contribution in [-0.2, 0) is 22.6 Å². The molecule has 2 aromatic rings. The normalized spacial score (nSPS) is 14.7. The van der Waals surface area contributed by atoms with Crippen molar-refractivity contribution in [2.24, 2.45) is 0 Å². The highest BCUT2D eigenvalue weighted by atomic mass is 16.5. The number of nitrogens with one attached hydrogen (secondary N) is 1. The predicted molar refractivity (Wildman–Crippen MR) is 129 cm³/mol. The van der Waals surface area contributed by atoms with E-state index >= 15 is 0 Å². The van der Waals surface area contributed by atoms with Crippen LogP contribution >= 0.6 is 0 Å². The Kier molecular flexibility index (Phi) is 9.53. The van der Waals surface area contributed by atoms with Gasteiger partial charge in [-0.05, 0) is 56.2 Å². The van der Waals surface area contributed by atoms with Gasteiger partial charge < -0.3 is 19.7 Å². The zero-order chi connectivity index (χ0) is 22.8. The summed E-state index contributed by atoms with van der Waals surface area (Å²) in [4.78, 5) is 17.5. The van der Waals surface area contributed by atoms with Crippen molar-refractivity contribution in [3.05, 3.63) is 65.2 Å². The highest BCUT2D eigenvalue weighted by molar-refractivity contribution is 5.94. The van der Waals surface area contributed by atoms with E-state index in [1.165, 1.54) is 5.69 Å². The molecule has 1 fully saturated rings. The molecule has 1 saturated heterocycles. The van der Waals surface area contributed by atoms with E-state index in [0.717, 1.165) is 37.3 Å². The summed E-state index contributed by atoms with van der Waals surface area (Å²) in [5.41, 5.74) is 4.02. The maximum absolute atomic E-state index is 12.6. The summed E-state index contributed by atoms with van der Waals surface area (Å²) < 4.78 is 10.9. The van der Waals surface area contributed by atoms with E-state index in [-0.39, 0.29) is 5.91 Å². The summed E-state index contributed by atoms with van der Waals surface area (Å²) in [5.74, 6) is -0.0560. The minimum absolute atomic E-state index is 0.0560. The topological polar surface area (TPSA) is 54.0 Å². The zero-order valence-electron chi connectivity index (χ0n) is 19.7. The lowest BCUT2D eigenvalue weighted by molar-refractivity contribution is 0.0453. The van der Waals surface area contributed by atoms with Crippen LogP contribution < -0.4 is 10.2 Å². The predicted octanol–water partition coefficient (Wildman–Crippen LogP) is 3.70. The first kappa shape index (κ1) is 24.2. The molecule has 1 aliphatic rings. The first-order valence-corrected chi connectivity index (χ1v) is 11.7. The Morgan fingerprint density at radius 3 is 2.34 bits per heavy atom. The van der Waals surface area contributed by atoms with Crippen molar-refractivity contribution < 1.29 is 14.3 Å². The van der Waals surface area contributed by atoms with Gasteiger partial charge in [-0.2, -0.15) is 0 Å². The van der Waals surface area contributed by atoms with E-state index in [1.54, 1.807) is 0 Å². The molecule has 174 valence electrons. The first-order valence-electron chi connectivity index (χ1n) is 11.7. The molecular weight excluding hydrogens is 402 g/mol. The molecule has 1 heterocycles. The average Bonchev–Trinajstić information content (AvgIpc) is 2.83. The molecule has 0 spiro atoms. The molecule has 2 aromatic carbocycles. The Hall–Kier alpha value is -2.41. The van der Waals surface area contributed by atoms with Gasteiger partial charge in [0.05, 0.1) is 19.8 Å². The van der Waals surface area contributed by atoms with Gasteiger partial charge in [0.25, 0.3) is 5.91 Å². The van der Waals surface area contributed by atoms with Gasteiger partial charge in [-0.3, -0.25) is 9.69 Å². The highest BCUT2D eigenvalue weighted by Gasteiger charge is 2.19. The van der Waals surface area contributed by atoms with Crippen molar-refractivity contribution in [2.45, 2.75) is 40.0 Å². The fourth-order valence-corrected chi connectivity index (χ4v) is 3.89. The molecule has 0 atom stereocenters. The summed E-state index contributed by atoms with van der Waals surface area (Å²) >= 11 is 0. The molecule has 1 aliphatic heterocycles. The Morgan fingerprint density at radius 2 is 1.66 bits per heavy atom. The van der Waals surface area contributed by atoms with Crippen LogP contribution in [0.3, 0.4) is 0 Å². The van der Waals surface area contributed by atoms with Crippen molar-refractivity contribution in [3.8, 4) is 0 Å². The number of rotatable bonds is 11. The number of hydrogen-bond acceptors (Lipinski definition) is 5. The lowest BCUT2D eigenvalue weighted by Gasteiger charge is -2.38. The Bertz CT molecular complexity index is 830. The molecule has 0 aromatic heterocycles. The maximum atomic E-state index is 12.6. The zero-order valence-corrected chi connectivity index (χ0v) is 19.7. The second-order valence-corrected chi connectivity index (χ2v) is 8.42. The number of anilines is 1. The van der Waals surface area contributed by atoms with E-state index in [4.69, 9.17) is 9.47 Å². The maximum Gasteiger partial charge on any atom is 0.251 e. The average molecular weight is 440 g/mol. The highest BCUT2D eigenvalue weighted by Crippen LogP contribution is 2.18. The molecule has 3 rings (SSSR count). The Morgan fingerprint density at radius 1 is 0.969 bits per heavy atom. The molecule has 6 nitrogen and oxygen atoms in total. The number of hydrogen-bond donors (Lipinski definition) is 1. The van der Waals surface area contributed by atoms with Gasteiger partial charge in [0.15, 0.2) is 0 Å². The van der Waals surface area contributed by atoms with Gasteiger partial charge in [0.1, 0.15) is 0 Å². The third-order valence-corrected chi connectivity index (χ3v) is 5.83. The van der Waals surface area contributed by atoms with Gasteiger partial charge in [-0.15, -0.1) is 0 Å². The van der Waals surface area contributed by atoms with Crippen molar-refractivity contribution in [1.82, 2.24) is 10.2 Å². The van der Waals surface area contributed by atoms with Crippen LogP contribution in [0.25, 0.3) is 0 Å². The third-order valence-electron chi connectivity index (χ3n) is 5.83. The minimum Gasteiger partial charge on any atom is -0.379 e. The molecule has 0 aliphatic carbocycles. The molecule has 1 amide bonds. The molecule has 0 saturated carbocycles. The Labute approximate surface area is 192 Å². The van der Waals surface area contributed by atoms with Crippen LogP contribution in [0, 0.1) is 0 Å². The smallest absolute Gasteiger partial charge is 0.251 e. The van der Waals surface area contributed by atoms with Crippen molar-refractivity contribution >= 4 is 11.6 Å². The lowest BCUT2D eigenvalue weighted by Crippen LogP contribution is -2.48. The third kappa shape index (κ3) is 7.33. The van der Waals surface area contributed by atoms with E-state index < -0.39 is 0 Å². The monoisotopic (exact) mass is 439 g/mol. The standard InChI is InChI=1S/C26H37N3O3/c1-4-31-16-17-32-20-23-7-5-6-22(18-23)19-27-26(30)24-8-10-25(11-9-24)29-14-12-28(13-15-29)21(2)3/h5-11,18,21H,4,12-17,19-20H2,1-3H3,(H,27,30). The van der Waals surface area contributed by atoms with Crippen LogP contribution in [0.5, 0.6) is 0 Å². The second kappa shape index (κ2) is 12.6. The summed E-state index contributed by atoms with van der Waals surface area (Å²) in [6.07, 6.45) is 0. The quantitative estimate of drug-likeness (QED) is 0.541. The number of carbonyl (C=O) groups excluding carboxylic acids is 1. The van der Waals surface area contributed by atoms with Gasteiger partial charge in [0, 0.05) is 56.6 Å². The molecule has 0 bridgehead atoms. The van der Waals surface area contributed by atoms with Crippen molar-refractivity contribution in [1.29, 1.82) is 0 Å². The summed E-state index contributed by atoms with van der Waals surface area (Å²) in [7, 11) is 0. The number of piperazine rings is 1. The Balaban J connectivity index is 1.45. The lowest BCUT2D eigenvalue weighted by atomic mass is 10.1. The number of ether oxygens (including phenoxy) is 2. The van der Waals surface area contributed by atoms with E-state index in [9.17, 15) is 4.79 Å². The summed E-state index contributed by atoms with van der Waals surface area (Å²) in [5, 5.41) is 3.02. The van der Waals surface area contributed by atoms with Crippen molar-refractivity contribution in [3.63, 3.8) is 0 Å². The van der Waals surface area contributed by atoms with Gasteiger partial charge in [-0.1, -0.05) is 24.3 Å².